The van der Waals surface area contributed by atoms with Crippen LogP contribution in [0.1, 0.15) is 164 Å². The van der Waals surface area contributed by atoms with E-state index in [0.717, 1.165) is 36.2 Å². The van der Waals surface area contributed by atoms with Crippen LogP contribution in [0.25, 0.3) is 33.4 Å². The van der Waals surface area contributed by atoms with Gasteiger partial charge in [-0.2, -0.15) is 0 Å². The Balaban J connectivity index is 1.10. The van der Waals surface area contributed by atoms with Crippen LogP contribution in [0.3, 0.4) is 0 Å². The molecule has 56 heavy (non-hydrogen) atoms. The fraction of sp³-hybridized carbons (Fsp3) is 0.556. The average Bonchev–Trinajstić information content (AvgIpc) is 3.24. The van der Waals surface area contributed by atoms with Gasteiger partial charge in [0.25, 0.3) is 0 Å². The predicted molar refractivity (Wildman–Crippen MR) is 232 cm³/mol. The zero-order chi connectivity index (χ0) is 37.7. The smallest absolute Gasteiger partial charge is 0.140 e. The Bertz CT molecular complexity index is 1990. The summed E-state index contributed by atoms with van der Waals surface area (Å²) in [5.41, 5.74) is 13.0. The van der Waals surface area contributed by atoms with Gasteiger partial charge in [0.2, 0.25) is 0 Å². The summed E-state index contributed by atoms with van der Waals surface area (Å²) in [6, 6.07) is 28.9. The van der Waals surface area contributed by atoms with Crippen LogP contribution in [0.5, 0.6) is 11.5 Å². The van der Waals surface area contributed by atoms with Gasteiger partial charge in [-0.15, -0.1) is 0 Å². The monoisotopic (exact) mass is 747 g/mol. The summed E-state index contributed by atoms with van der Waals surface area (Å²) in [6.07, 6.45) is 29.2. The largest absolute Gasteiger partial charge is 0.482 e. The van der Waals surface area contributed by atoms with Gasteiger partial charge in [0.15, 0.2) is 0 Å². The lowest BCUT2D eigenvalue weighted by Crippen LogP contribution is -2.50. The van der Waals surface area contributed by atoms with E-state index in [1.807, 2.05) is 0 Å². The maximum atomic E-state index is 7.75. The lowest BCUT2D eigenvalue weighted by atomic mass is 9.61. The van der Waals surface area contributed by atoms with E-state index in [0.29, 0.717) is 11.8 Å². The molecule has 2 heteroatoms. The van der Waals surface area contributed by atoms with Gasteiger partial charge < -0.3 is 9.47 Å². The summed E-state index contributed by atoms with van der Waals surface area (Å²) in [7, 11) is 0. The third kappa shape index (κ3) is 6.63. The Hall–Kier alpha value is -3.52. The number of benzene rings is 4. The molecule has 0 radical (unpaired) electrons. The number of hydrogen-bond acceptors (Lipinski definition) is 2. The Morgan fingerprint density at radius 2 is 0.875 bits per heavy atom. The van der Waals surface area contributed by atoms with Gasteiger partial charge in [-0.3, -0.25) is 0 Å². The van der Waals surface area contributed by atoms with Gasteiger partial charge >= 0.3 is 0 Å². The highest BCUT2D eigenvalue weighted by Gasteiger charge is 2.53. The molecule has 10 rings (SSSR count). The fourth-order valence-electron chi connectivity index (χ4n) is 13.1. The molecule has 4 fully saturated rings. The molecular formula is C54H66O2. The molecule has 0 bridgehead atoms. The molecule has 0 atom stereocenters. The van der Waals surface area contributed by atoms with Crippen LogP contribution in [-0.2, 0) is 11.2 Å². The van der Waals surface area contributed by atoms with Gasteiger partial charge in [-0.25, -0.2) is 0 Å². The van der Waals surface area contributed by atoms with Gasteiger partial charge in [-0.05, 0) is 110 Å². The molecule has 2 nitrogen and oxygen atoms in total. The zero-order valence-corrected chi connectivity index (χ0v) is 34.6. The maximum absolute atomic E-state index is 7.75. The van der Waals surface area contributed by atoms with Crippen molar-refractivity contribution in [2.45, 2.75) is 166 Å². The first kappa shape index (κ1) is 36.8. The molecular weight excluding hydrogens is 681 g/mol. The molecule has 0 unspecified atom stereocenters. The van der Waals surface area contributed by atoms with Crippen molar-refractivity contribution >= 4 is 0 Å². The molecule has 294 valence electrons. The average molecular weight is 747 g/mol. The summed E-state index contributed by atoms with van der Waals surface area (Å²) < 4.78 is 15.4. The van der Waals surface area contributed by atoms with E-state index in [1.165, 1.54) is 184 Å². The van der Waals surface area contributed by atoms with E-state index in [1.54, 1.807) is 0 Å². The quantitative estimate of drug-likeness (QED) is 0.187. The van der Waals surface area contributed by atoms with Crippen LogP contribution in [0, 0.1) is 37.5 Å². The van der Waals surface area contributed by atoms with Crippen molar-refractivity contribution in [2.24, 2.45) is 23.7 Å². The first-order valence-electron chi connectivity index (χ1n) is 23.4. The van der Waals surface area contributed by atoms with E-state index in [9.17, 15) is 0 Å². The number of fused-ring (bicyclic) bond motifs is 6. The second-order valence-corrected chi connectivity index (χ2v) is 19.6. The van der Waals surface area contributed by atoms with Crippen LogP contribution in [-0.4, -0.2) is 0 Å². The number of hydrogen-bond donors (Lipinski definition) is 0. The summed E-state index contributed by atoms with van der Waals surface area (Å²) >= 11 is 0. The van der Waals surface area contributed by atoms with Crippen molar-refractivity contribution in [1.82, 2.24) is 0 Å². The van der Waals surface area contributed by atoms with Crippen LogP contribution in [0.2, 0.25) is 0 Å². The number of ether oxygens (including phenoxy) is 2. The van der Waals surface area contributed by atoms with Crippen LogP contribution in [0.4, 0.5) is 0 Å². The second kappa shape index (κ2) is 15.3. The zero-order valence-electron chi connectivity index (χ0n) is 34.6. The van der Waals surface area contributed by atoms with Crippen molar-refractivity contribution in [1.29, 1.82) is 0 Å². The summed E-state index contributed by atoms with van der Waals surface area (Å²) in [5.74, 6) is 4.80. The van der Waals surface area contributed by atoms with E-state index in [2.05, 4.69) is 86.6 Å². The van der Waals surface area contributed by atoms with E-state index >= 15 is 0 Å². The molecule has 0 spiro atoms. The van der Waals surface area contributed by atoms with Crippen LogP contribution in [0.15, 0.2) is 72.8 Å². The molecule has 0 N–H and O–H groups in total. The van der Waals surface area contributed by atoms with Crippen molar-refractivity contribution in [3.05, 3.63) is 95.1 Å². The van der Waals surface area contributed by atoms with E-state index in [4.69, 9.17) is 9.47 Å². The Morgan fingerprint density at radius 3 is 1.46 bits per heavy atom. The van der Waals surface area contributed by atoms with Crippen molar-refractivity contribution < 1.29 is 9.47 Å². The third-order valence-corrected chi connectivity index (χ3v) is 15.8. The van der Waals surface area contributed by atoms with E-state index < -0.39 is 0 Å². The predicted octanol–water partition coefficient (Wildman–Crippen LogP) is 15.6. The minimum absolute atomic E-state index is 0.264. The molecule has 6 aliphatic rings. The normalized spacial score (nSPS) is 22.5. The fourth-order valence-corrected chi connectivity index (χ4v) is 13.1. The minimum atomic E-state index is -0.274. The van der Waals surface area contributed by atoms with Crippen LogP contribution < -0.4 is 9.47 Å². The van der Waals surface area contributed by atoms with E-state index in [-0.39, 0.29) is 11.2 Å². The lowest BCUT2D eigenvalue weighted by molar-refractivity contribution is -0.0779. The van der Waals surface area contributed by atoms with Gasteiger partial charge in [0.1, 0.15) is 22.7 Å². The minimum Gasteiger partial charge on any atom is -0.482 e. The van der Waals surface area contributed by atoms with Gasteiger partial charge in [-0.1, -0.05) is 163 Å². The molecule has 4 aliphatic carbocycles. The molecule has 0 saturated heterocycles. The summed E-state index contributed by atoms with van der Waals surface area (Å²) in [6.45, 7) is 4.51. The Labute approximate surface area is 338 Å². The first-order chi connectivity index (χ1) is 27.5. The Morgan fingerprint density at radius 1 is 0.429 bits per heavy atom. The summed E-state index contributed by atoms with van der Waals surface area (Å²) in [4.78, 5) is 0. The van der Waals surface area contributed by atoms with Gasteiger partial charge in [0.05, 0.1) is 0 Å². The molecule has 0 amide bonds. The molecule has 4 saturated carbocycles. The van der Waals surface area contributed by atoms with Crippen LogP contribution >= 0.6 is 0 Å². The number of rotatable bonds is 7. The highest BCUT2D eigenvalue weighted by Crippen LogP contribution is 2.59. The first-order valence-corrected chi connectivity index (χ1v) is 23.4. The topological polar surface area (TPSA) is 18.5 Å². The maximum Gasteiger partial charge on any atom is 0.140 e. The SMILES string of the molecule is Cc1ccc2c(c1)OC(C1CCCCC1)(C1CCCCC1)c1cc(-c3ccc4c(c3)OC(CC3CCCCC3)(CC3CCCCC3)c3cc(C)ccc3-4)ccc1-2. The number of aryl methyl sites for hydroxylation is 2. The summed E-state index contributed by atoms with van der Waals surface area (Å²) in [5, 5.41) is 0. The molecule has 2 aliphatic heterocycles. The highest BCUT2D eigenvalue weighted by atomic mass is 16.5. The van der Waals surface area contributed by atoms with Crippen molar-refractivity contribution in [2.75, 3.05) is 0 Å². The van der Waals surface area contributed by atoms with Crippen molar-refractivity contribution in [3.63, 3.8) is 0 Å². The second-order valence-electron chi connectivity index (χ2n) is 19.6. The third-order valence-electron chi connectivity index (χ3n) is 15.8. The molecule has 4 aromatic rings. The molecule has 2 heterocycles. The van der Waals surface area contributed by atoms with Gasteiger partial charge in [0, 0.05) is 34.1 Å². The Kier molecular flexibility index (Phi) is 10.1. The van der Waals surface area contributed by atoms with Crippen molar-refractivity contribution in [3.8, 4) is 44.9 Å². The highest BCUT2D eigenvalue weighted by molar-refractivity contribution is 5.84. The standard InChI is InChI=1S/C54H66O2/c1-37-23-27-45-48-30-26-42(34-52(48)55-53(49(45)31-37,35-39-15-7-3-8-16-39)36-40-17-9-4-10-18-40)41-25-29-46-47-28-24-38(2)32-51(47)56-54(50(46)33-41,43-19-11-5-12-20-43)44-21-13-6-14-22-44/h23-34,39-40,43-44H,3-22,35-36H2,1-2H3. The molecule has 4 aromatic carbocycles. The lowest BCUT2D eigenvalue weighted by Gasteiger charge is -2.52. The molecule has 0 aromatic heterocycles.